The van der Waals surface area contributed by atoms with E-state index in [1.165, 1.54) is 12.1 Å². The van der Waals surface area contributed by atoms with Crippen molar-refractivity contribution >= 4 is 28.0 Å². The SMILES string of the molecule is C/C(=C/c1ccc(F)cc1)C(=O)OCCBr. The Morgan fingerprint density at radius 2 is 2.06 bits per heavy atom. The van der Waals surface area contributed by atoms with Gasteiger partial charge in [0.25, 0.3) is 0 Å². The summed E-state index contributed by atoms with van der Waals surface area (Å²) in [7, 11) is 0. The van der Waals surface area contributed by atoms with Gasteiger partial charge in [-0.1, -0.05) is 28.1 Å². The van der Waals surface area contributed by atoms with Crippen LogP contribution in [0, 0.1) is 5.82 Å². The number of carbonyl (C=O) groups excluding carboxylic acids is 1. The summed E-state index contributed by atoms with van der Waals surface area (Å²) in [6.45, 7) is 2.01. The molecule has 4 heteroatoms. The van der Waals surface area contributed by atoms with Gasteiger partial charge in [-0.15, -0.1) is 0 Å². The Labute approximate surface area is 102 Å². The lowest BCUT2D eigenvalue weighted by Gasteiger charge is -2.02. The molecule has 1 rings (SSSR count). The number of benzene rings is 1. The van der Waals surface area contributed by atoms with E-state index in [1.807, 2.05) is 0 Å². The van der Waals surface area contributed by atoms with E-state index in [9.17, 15) is 9.18 Å². The molecule has 16 heavy (non-hydrogen) atoms. The molecule has 0 spiro atoms. The van der Waals surface area contributed by atoms with Gasteiger partial charge in [0.1, 0.15) is 12.4 Å². The van der Waals surface area contributed by atoms with Crippen molar-refractivity contribution in [1.82, 2.24) is 0 Å². The van der Waals surface area contributed by atoms with E-state index >= 15 is 0 Å². The van der Waals surface area contributed by atoms with Gasteiger partial charge in [0.15, 0.2) is 0 Å². The van der Waals surface area contributed by atoms with Crippen LogP contribution in [0.25, 0.3) is 6.08 Å². The summed E-state index contributed by atoms with van der Waals surface area (Å²) in [5.41, 5.74) is 1.27. The normalized spacial score (nSPS) is 11.3. The fourth-order valence-corrected chi connectivity index (χ4v) is 1.27. The molecule has 0 atom stereocenters. The molecule has 0 N–H and O–H groups in total. The van der Waals surface area contributed by atoms with Gasteiger partial charge in [-0.05, 0) is 30.7 Å². The Morgan fingerprint density at radius 3 is 2.62 bits per heavy atom. The Kier molecular flexibility index (Phi) is 5.19. The number of halogens is 2. The molecule has 0 aliphatic rings. The second-order valence-corrected chi connectivity index (χ2v) is 4.00. The first kappa shape index (κ1) is 12.9. The number of hydrogen-bond acceptors (Lipinski definition) is 2. The third-order valence-electron chi connectivity index (χ3n) is 1.89. The maximum Gasteiger partial charge on any atom is 0.333 e. The molecule has 1 aromatic carbocycles. The van der Waals surface area contributed by atoms with Crippen molar-refractivity contribution in [2.75, 3.05) is 11.9 Å². The number of hydrogen-bond donors (Lipinski definition) is 0. The maximum atomic E-state index is 12.6. The van der Waals surface area contributed by atoms with Gasteiger partial charge in [0, 0.05) is 10.9 Å². The third-order valence-corrected chi connectivity index (χ3v) is 2.21. The minimum atomic E-state index is -0.358. The molecule has 0 radical (unpaired) electrons. The highest BCUT2D eigenvalue weighted by atomic mass is 79.9. The minimum Gasteiger partial charge on any atom is -0.461 e. The van der Waals surface area contributed by atoms with E-state index in [0.717, 1.165) is 5.56 Å². The Hall–Kier alpha value is -1.16. The summed E-state index contributed by atoms with van der Waals surface area (Å²) in [6, 6.07) is 5.92. The van der Waals surface area contributed by atoms with E-state index in [2.05, 4.69) is 15.9 Å². The monoisotopic (exact) mass is 286 g/mol. The minimum absolute atomic E-state index is 0.295. The van der Waals surface area contributed by atoms with E-state index in [0.29, 0.717) is 17.5 Å². The first-order chi connectivity index (χ1) is 7.63. The summed E-state index contributed by atoms with van der Waals surface area (Å²) in [4.78, 5) is 11.4. The molecule has 86 valence electrons. The maximum absolute atomic E-state index is 12.6. The molecule has 0 saturated heterocycles. The second kappa shape index (κ2) is 6.43. The van der Waals surface area contributed by atoms with E-state index in [-0.39, 0.29) is 11.8 Å². The molecular formula is C12H12BrFO2. The molecule has 1 aromatic rings. The highest BCUT2D eigenvalue weighted by Gasteiger charge is 2.04. The quantitative estimate of drug-likeness (QED) is 0.483. The zero-order chi connectivity index (χ0) is 12.0. The predicted octanol–water partition coefficient (Wildman–Crippen LogP) is 3.17. The Bertz CT molecular complexity index is 385. The van der Waals surface area contributed by atoms with Crippen LogP contribution in [-0.4, -0.2) is 17.9 Å². The van der Waals surface area contributed by atoms with Crippen LogP contribution in [0.1, 0.15) is 12.5 Å². The summed E-state index contributed by atoms with van der Waals surface area (Å²) in [6.07, 6.45) is 1.66. The highest BCUT2D eigenvalue weighted by molar-refractivity contribution is 9.09. The molecule has 0 aromatic heterocycles. The van der Waals surface area contributed by atoms with Crippen molar-refractivity contribution in [3.63, 3.8) is 0 Å². The summed E-state index contributed by atoms with van der Waals surface area (Å²) in [5.74, 6) is -0.652. The van der Waals surface area contributed by atoms with Gasteiger partial charge in [-0.3, -0.25) is 0 Å². The van der Waals surface area contributed by atoms with Crippen LogP contribution in [0.15, 0.2) is 29.8 Å². The number of rotatable bonds is 4. The molecule has 0 aliphatic carbocycles. The second-order valence-electron chi connectivity index (χ2n) is 3.20. The molecule has 0 heterocycles. The van der Waals surface area contributed by atoms with E-state index < -0.39 is 0 Å². The van der Waals surface area contributed by atoms with Gasteiger partial charge < -0.3 is 4.74 Å². The molecule has 0 fully saturated rings. The summed E-state index contributed by atoms with van der Waals surface area (Å²) < 4.78 is 17.6. The van der Waals surface area contributed by atoms with Crippen LogP contribution in [-0.2, 0) is 9.53 Å². The van der Waals surface area contributed by atoms with Crippen LogP contribution in [0.4, 0.5) is 4.39 Å². The van der Waals surface area contributed by atoms with Crippen molar-refractivity contribution in [3.05, 3.63) is 41.2 Å². The molecule has 0 saturated carbocycles. The average Bonchev–Trinajstić information content (AvgIpc) is 2.29. The van der Waals surface area contributed by atoms with Gasteiger partial charge in [-0.25, -0.2) is 9.18 Å². The Balaban J connectivity index is 2.68. The zero-order valence-electron chi connectivity index (χ0n) is 8.87. The van der Waals surface area contributed by atoms with Crippen molar-refractivity contribution in [3.8, 4) is 0 Å². The molecule has 0 aliphatic heterocycles. The van der Waals surface area contributed by atoms with Crippen LogP contribution in [0.5, 0.6) is 0 Å². The number of alkyl halides is 1. The van der Waals surface area contributed by atoms with Gasteiger partial charge in [0.2, 0.25) is 0 Å². The first-order valence-electron chi connectivity index (χ1n) is 4.80. The molecule has 0 amide bonds. The van der Waals surface area contributed by atoms with Crippen LogP contribution >= 0.6 is 15.9 Å². The fraction of sp³-hybridized carbons (Fsp3) is 0.250. The van der Waals surface area contributed by atoms with E-state index in [1.54, 1.807) is 25.1 Å². The largest absolute Gasteiger partial charge is 0.461 e. The smallest absolute Gasteiger partial charge is 0.333 e. The molecular weight excluding hydrogens is 275 g/mol. The molecule has 0 bridgehead atoms. The lowest BCUT2D eigenvalue weighted by atomic mass is 10.1. The van der Waals surface area contributed by atoms with Crippen molar-refractivity contribution < 1.29 is 13.9 Å². The van der Waals surface area contributed by atoms with Crippen molar-refractivity contribution in [2.45, 2.75) is 6.92 Å². The van der Waals surface area contributed by atoms with Crippen molar-refractivity contribution in [1.29, 1.82) is 0 Å². The summed E-state index contributed by atoms with van der Waals surface area (Å²) in [5, 5.41) is 0.614. The standard InChI is InChI=1S/C12H12BrFO2/c1-9(12(15)16-7-6-13)8-10-2-4-11(14)5-3-10/h2-5,8H,6-7H2,1H3/b9-8-. The highest BCUT2D eigenvalue weighted by Crippen LogP contribution is 2.09. The zero-order valence-corrected chi connectivity index (χ0v) is 10.5. The van der Waals surface area contributed by atoms with Gasteiger partial charge in [-0.2, -0.15) is 0 Å². The van der Waals surface area contributed by atoms with Crippen LogP contribution < -0.4 is 0 Å². The lowest BCUT2D eigenvalue weighted by Crippen LogP contribution is -2.07. The summed E-state index contributed by atoms with van der Waals surface area (Å²) >= 11 is 3.16. The van der Waals surface area contributed by atoms with Crippen molar-refractivity contribution in [2.24, 2.45) is 0 Å². The number of esters is 1. The first-order valence-corrected chi connectivity index (χ1v) is 5.92. The third kappa shape index (κ3) is 4.14. The van der Waals surface area contributed by atoms with Crippen LogP contribution in [0.3, 0.4) is 0 Å². The van der Waals surface area contributed by atoms with Gasteiger partial charge >= 0.3 is 5.97 Å². The molecule has 0 unspecified atom stereocenters. The number of carbonyl (C=O) groups is 1. The average molecular weight is 287 g/mol. The fourth-order valence-electron chi connectivity index (χ4n) is 1.11. The van der Waals surface area contributed by atoms with E-state index in [4.69, 9.17) is 4.74 Å². The van der Waals surface area contributed by atoms with Crippen LogP contribution in [0.2, 0.25) is 0 Å². The van der Waals surface area contributed by atoms with Gasteiger partial charge in [0.05, 0.1) is 0 Å². The lowest BCUT2D eigenvalue weighted by molar-refractivity contribution is -0.138. The topological polar surface area (TPSA) is 26.3 Å². The number of ether oxygens (including phenoxy) is 1. The molecule has 2 nitrogen and oxygen atoms in total. The Morgan fingerprint density at radius 1 is 1.44 bits per heavy atom. The predicted molar refractivity (Wildman–Crippen MR) is 64.8 cm³/mol.